The summed E-state index contributed by atoms with van der Waals surface area (Å²) in [5, 5.41) is 0.763. The minimum absolute atomic E-state index is 0.119. The van der Waals surface area contributed by atoms with Gasteiger partial charge in [0.2, 0.25) is 0 Å². The summed E-state index contributed by atoms with van der Waals surface area (Å²) in [5.74, 6) is -0.681. The van der Waals surface area contributed by atoms with Gasteiger partial charge >= 0.3 is 5.97 Å². The molecule has 0 spiro atoms. The van der Waals surface area contributed by atoms with E-state index in [1.165, 1.54) is 6.26 Å². The Morgan fingerprint density at radius 1 is 1.10 bits per heavy atom. The fourth-order valence-corrected chi connectivity index (χ4v) is 4.57. The van der Waals surface area contributed by atoms with Gasteiger partial charge in [0.05, 0.1) is 11.1 Å². The summed E-state index contributed by atoms with van der Waals surface area (Å²) in [4.78, 5) is 28.3. The van der Waals surface area contributed by atoms with Gasteiger partial charge in [-0.25, -0.2) is 4.79 Å². The quantitative estimate of drug-likeness (QED) is 0.617. The second kappa shape index (κ2) is 8.07. The number of cyclic esters (lactones) is 1. The van der Waals surface area contributed by atoms with Gasteiger partial charge in [-0.1, -0.05) is 18.2 Å². The van der Waals surface area contributed by atoms with E-state index >= 15 is 0 Å². The zero-order chi connectivity index (χ0) is 21.4. The summed E-state index contributed by atoms with van der Waals surface area (Å²) in [6.07, 6.45) is 3.13. The summed E-state index contributed by atoms with van der Waals surface area (Å²) < 4.78 is 11.0. The number of nitrogens with two attached hydrogens (primary N) is 1. The number of anilines is 1. The predicted molar refractivity (Wildman–Crippen MR) is 117 cm³/mol. The predicted octanol–water partition coefficient (Wildman–Crippen LogP) is 3.35. The molecule has 0 aliphatic carbocycles. The molecule has 2 aliphatic heterocycles. The largest absolute Gasteiger partial charge is 0.463 e. The summed E-state index contributed by atoms with van der Waals surface area (Å²) >= 11 is 0. The van der Waals surface area contributed by atoms with E-state index in [4.69, 9.17) is 14.9 Å². The molecule has 0 saturated carbocycles. The van der Waals surface area contributed by atoms with Crippen molar-refractivity contribution in [1.82, 2.24) is 4.90 Å². The number of benzene rings is 2. The normalized spacial score (nSPS) is 18.9. The van der Waals surface area contributed by atoms with E-state index < -0.39 is 5.91 Å². The van der Waals surface area contributed by atoms with Gasteiger partial charge in [-0.2, -0.15) is 0 Å². The number of hydrogen-bond acceptors (Lipinski definition) is 6. The SMILES string of the molecule is NC(=O)c1coc2ccc(N3CCN(CCCC4OC(=O)c5ccccc54)CC3)cc12. The molecule has 7 nitrogen and oxygen atoms in total. The van der Waals surface area contributed by atoms with Crippen LogP contribution in [0.1, 0.15) is 45.2 Å². The smallest absolute Gasteiger partial charge is 0.339 e. The molecule has 160 valence electrons. The number of amides is 1. The topological polar surface area (TPSA) is 89.0 Å². The van der Waals surface area contributed by atoms with Crippen molar-refractivity contribution < 1.29 is 18.7 Å². The van der Waals surface area contributed by atoms with Gasteiger partial charge in [0, 0.05) is 42.8 Å². The molecule has 1 saturated heterocycles. The maximum atomic E-state index is 12.0. The van der Waals surface area contributed by atoms with Crippen LogP contribution in [0.3, 0.4) is 0 Å². The molecule has 0 bridgehead atoms. The van der Waals surface area contributed by atoms with E-state index in [-0.39, 0.29) is 12.1 Å². The van der Waals surface area contributed by atoms with Gasteiger partial charge in [0.15, 0.2) is 0 Å². The Bertz CT molecular complexity index is 1130. The van der Waals surface area contributed by atoms with Gasteiger partial charge in [0.25, 0.3) is 5.91 Å². The number of rotatable bonds is 6. The molecule has 3 aromatic rings. The molecule has 1 amide bonds. The van der Waals surface area contributed by atoms with Gasteiger partial charge in [-0.05, 0) is 43.7 Å². The molecule has 5 rings (SSSR count). The first-order valence-corrected chi connectivity index (χ1v) is 10.7. The molecular formula is C24H25N3O4. The van der Waals surface area contributed by atoms with Crippen LogP contribution in [0.15, 0.2) is 53.1 Å². The van der Waals surface area contributed by atoms with Gasteiger partial charge in [0.1, 0.15) is 18.0 Å². The second-order valence-corrected chi connectivity index (χ2v) is 8.15. The number of piperazine rings is 1. The van der Waals surface area contributed by atoms with Gasteiger partial charge in [-0.3, -0.25) is 9.69 Å². The lowest BCUT2D eigenvalue weighted by molar-refractivity contribution is 0.0358. The Kier molecular flexibility index (Phi) is 5.11. The Hall–Kier alpha value is -3.32. The lowest BCUT2D eigenvalue weighted by Crippen LogP contribution is -2.46. The lowest BCUT2D eigenvalue weighted by Gasteiger charge is -2.36. The highest BCUT2D eigenvalue weighted by Gasteiger charge is 2.30. The fourth-order valence-electron chi connectivity index (χ4n) is 4.57. The monoisotopic (exact) mass is 419 g/mol. The fraction of sp³-hybridized carbons (Fsp3) is 0.333. The molecule has 31 heavy (non-hydrogen) atoms. The van der Waals surface area contributed by atoms with Crippen molar-refractivity contribution in [1.29, 1.82) is 0 Å². The van der Waals surface area contributed by atoms with Crippen molar-refractivity contribution in [3.8, 4) is 0 Å². The number of carbonyl (C=O) groups excluding carboxylic acids is 2. The third-order valence-corrected chi connectivity index (χ3v) is 6.28. The van der Waals surface area contributed by atoms with Crippen LogP contribution in [-0.2, 0) is 4.74 Å². The highest BCUT2D eigenvalue weighted by Crippen LogP contribution is 2.33. The van der Waals surface area contributed by atoms with Crippen LogP contribution in [0.4, 0.5) is 5.69 Å². The first-order chi connectivity index (χ1) is 15.1. The van der Waals surface area contributed by atoms with Crippen molar-refractivity contribution in [2.75, 3.05) is 37.6 Å². The van der Waals surface area contributed by atoms with E-state index in [1.54, 1.807) is 0 Å². The molecular weight excluding hydrogens is 394 g/mol. The van der Waals surface area contributed by atoms with E-state index in [2.05, 4.69) is 9.80 Å². The van der Waals surface area contributed by atoms with Crippen molar-refractivity contribution >= 4 is 28.5 Å². The Morgan fingerprint density at radius 2 is 1.90 bits per heavy atom. The van der Waals surface area contributed by atoms with E-state index in [0.717, 1.165) is 62.2 Å². The van der Waals surface area contributed by atoms with Crippen LogP contribution in [0, 0.1) is 0 Å². The molecule has 0 radical (unpaired) electrons. The number of carbonyl (C=O) groups is 2. The molecule has 2 aromatic carbocycles. The molecule has 2 aliphatic rings. The van der Waals surface area contributed by atoms with Crippen molar-refractivity contribution in [3.05, 3.63) is 65.4 Å². The third kappa shape index (κ3) is 3.77. The van der Waals surface area contributed by atoms with Crippen LogP contribution in [0.2, 0.25) is 0 Å². The van der Waals surface area contributed by atoms with E-state index in [0.29, 0.717) is 16.7 Å². The molecule has 3 heterocycles. The maximum Gasteiger partial charge on any atom is 0.339 e. The number of nitrogens with zero attached hydrogens (tertiary/aromatic N) is 2. The molecule has 1 aromatic heterocycles. The van der Waals surface area contributed by atoms with Gasteiger partial charge in [-0.15, -0.1) is 0 Å². The number of primary amides is 1. The van der Waals surface area contributed by atoms with Crippen LogP contribution in [0.25, 0.3) is 11.0 Å². The molecule has 7 heteroatoms. The summed E-state index contributed by atoms with van der Waals surface area (Å²) in [5.41, 5.74) is 9.34. The standard InChI is InChI=1S/C24H25N3O4/c25-23(28)20-15-30-21-8-7-16(14-19(20)21)27-12-10-26(11-13-27)9-3-6-22-17-4-1-2-5-18(17)24(29)31-22/h1-2,4-5,7-8,14-15,22H,3,6,9-13H2,(H2,25,28). The molecule has 2 N–H and O–H groups in total. The van der Waals surface area contributed by atoms with Crippen LogP contribution < -0.4 is 10.6 Å². The van der Waals surface area contributed by atoms with Gasteiger partial charge < -0.3 is 19.8 Å². The summed E-state index contributed by atoms with van der Waals surface area (Å²) in [7, 11) is 0. The number of hydrogen-bond donors (Lipinski definition) is 1. The highest BCUT2D eigenvalue weighted by atomic mass is 16.5. The van der Waals surface area contributed by atoms with Crippen LogP contribution in [-0.4, -0.2) is 49.5 Å². The highest BCUT2D eigenvalue weighted by molar-refractivity contribution is 6.05. The van der Waals surface area contributed by atoms with E-state index in [1.807, 2.05) is 42.5 Å². The average molecular weight is 419 g/mol. The number of esters is 1. The number of ether oxygens (including phenoxy) is 1. The molecule has 1 unspecified atom stereocenters. The first kappa shape index (κ1) is 19.6. The summed E-state index contributed by atoms with van der Waals surface area (Å²) in [6, 6.07) is 13.6. The minimum atomic E-state index is -0.476. The second-order valence-electron chi connectivity index (χ2n) is 8.15. The molecule has 1 atom stereocenters. The van der Waals surface area contributed by atoms with Crippen LogP contribution >= 0.6 is 0 Å². The number of fused-ring (bicyclic) bond motifs is 2. The van der Waals surface area contributed by atoms with Crippen molar-refractivity contribution in [2.24, 2.45) is 5.73 Å². The van der Waals surface area contributed by atoms with Crippen molar-refractivity contribution in [2.45, 2.75) is 18.9 Å². The lowest BCUT2D eigenvalue weighted by atomic mass is 10.0. The first-order valence-electron chi connectivity index (χ1n) is 10.7. The number of furan rings is 1. The Balaban J connectivity index is 1.15. The van der Waals surface area contributed by atoms with Crippen molar-refractivity contribution in [3.63, 3.8) is 0 Å². The minimum Gasteiger partial charge on any atom is -0.463 e. The summed E-state index contributed by atoms with van der Waals surface area (Å²) in [6.45, 7) is 4.74. The van der Waals surface area contributed by atoms with E-state index in [9.17, 15) is 9.59 Å². The third-order valence-electron chi connectivity index (χ3n) is 6.28. The zero-order valence-corrected chi connectivity index (χ0v) is 17.3. The maximum absolute atomic E-state index is 12.0. The Morgan fingerprint density at radius 3 is 2.71 bits per heavy atom. The Labute approximate surface area is 180 Å². The zero-order valence-electron chi connectivity index (χ0n) is 17.3. The molecule has 1 fully saturated rings. The van der Waals surface area contributed by atoms with Crippen LogP contribution in [0.5, 0.6) is 0 Å². The average Bonchev–Trinajstić information content (AvgIpc) is 3.35.